The first-order valence-corrected chi connectivity index (χ1v) is 12.6. The molecule has 1 aliphatic rings. The van der Waals surface area contributed by atoms with Gasteiger partial charge in [-0.2, -0.15) is 5.10 Å². The molecule has 3 N–H and O–H groups in total. The Labute approximate surface area is 218 Å². The topological polar surface area (TPSA) is 113 Å². The molecule has 2 aromatic heterocycles. The molecule has 10 nitrogen and oxygen atoms in total. The molecule has 1 saturated heterocycles. The summed E-state index contributed by atoms with van der Waals surface area (Å²) in [5, 5.41) is 10.9. The number of carbonyl (C=O) groups is 1. The van der Waals surface area contributed by atoms with Crippen molar-refractivity contribution in [2.45, 2.75) is 6.92 Å². The summed E-state index contributed by atoms with van der Waals surface area (Å²) in [4.78, 5) is 25.7. The maximum Gasteiger partial charge on any atom is 0.339 e. The number of nitrogens with zero attached hydrogens (tertiary/aromatic N) is 4. The van der Waals surface area contributed by atoms with Crippen LogP contribution in [-0.4, -0.2) is 55.6 Å². The molecule has 0 radical (unpaired) electrons. The van der Waals surface area contributed by atoms with Gasteiger partial charge < -0.3 is 25.0 Å². The molecule has 2 aromatic carbocycles. The highest BCUT2D eigenvalue weighted by Gasteiger charge is 2.14. The van der Waals surface area contributed by atoms with E-state index in [2.05, 4.69) is 48.2 Å². The van der Waals surface area contributed by atoms with Crippen LogP contribution in [0.1, 0.15) is 9.75 Å². The number of methoxy groups -OCH3 is 1. The van der Waals surface area contributed by atoms with Gasteiger partial charge in [0.1, 0.15) is 17.9 Å². The number of nitrogens with one attached hydrogen (secondary N) is 3. The second kappa shape index (κ2) is 11.2. The minimum atomic E-state index is -0.493. The van der Waals surface area contributed by atoms with Crippen LogP contribution >= 0.6 is 11.3 Å². The number of aryl methyl sites for hydroxylation is 1. The van der Waals surface area contributed by atoms with E-state index in [1.807, 2.05) is 31.2 Å². The van der Waals surface area contributed by atoms with E-state index in [0.717, 1.165) is 47.9 Å². The highest BCUT2D eigenvalue weighted by molar-refractivity contribution is 7.13. The number of ether oxygens (including phenoxy) is 2. The van der Waals surface area contributed by atoms with Crippen molar-refractivity contribution >= 4 is 57.4 Å². The molecular formula is C26H27N7O3S. The number of hydrogen-bond donors (Lipinski definition) is 3. The Morgan fingerprint density at radius 3 is 2.68 bits per heavy atom. The fraction of sp³-hybridized carbons (Fsp3) is 0.231. The number of anilines is 4. The van der Waals surface area contributed by atoms with Gasteiger partial charge in [-0.15, -0.1) is 11.3 Å². The van der Waals surface area contributed by atoms with Crippen LogP contribution in [0.25, 0.3) is 10.9 Å². The molecule has 0 saturated carbocycles. The van der Waals surface area contributed by atoms with Crippen molar-refractivity contribution in [3.8, 4) is 5.75 Å². The number of fused-ring (bicyclic) bond motifs is 1. The van der Waals surface area contributed by atoms with Crippen molar-refractivity contribution in [1.29, 1.82) is 0 Å². The summed E-state index contributed by atoms with van der Waals surface area (Å²) >= 11 is 1.59. The number of urea groups is 1. The van der Waals surface area contributed by atoms with Gasteiger partial charge >= 0.3 is 6.03 Å². The number of aromatic nitrogens is 2. The molecule has 0 unspecified atom stereocenters. The quantitative estimate of drug-likeness (QED) is 0.240. The van der Waals surface area contributed by atoms with Crippen molar-refractivity contribution in [3.05, 3.63) is 64.6 Å². The molecule has 4 aromatic rings. The molecule has 1 aliphatic heterocycles. The normalized spacial score (nSPS) is 13.6. The minimum Gasteiger partial charge on any atom is -0.494 e. The van der Waals surface area contributed by atoms with Gasteiger partial charge in [-0.05, 0) is 49.4 Å². The van der Waals surface area contributed by atoms with Crippen LogP contribution in [-0.2, 0) is 4.74 Å². The molecule has 1 fully saturated rings. The lowest BCUT2D eigenvalue weighted by Crippen LogP contribution is -2.36. The van der Waals surface area contributed by atoms with Gasteiger partial charge in [-0.1, -0.05) is 0 Å². The Morgan fingerprint density at radius 2 is 1.95 bits per heavy atom. The highest BCUT2D eigenvalue weighted by atomic mass is 32.1. The van der Waals surface area contributed by atoms with Gasteiger partial charge in [0.15, 0.2) is 0 Å². The van der Waals surface area contributed by atoms with Crippen LogP contribution < -0.4 is 25.7 Å². The van der Waals surface area contributed by atoms with Crippen LogP contribution in [0.15, 0.2) is 60.0 Å². The highest BCUT2D eigenvalue weighted by Crippen LogP contribution is 2.33. The molecule has 11 heteroatoms. The Balaban J connectivity index is 1.33. The number of carbonyl (C=O) groups excluding carboxylic acids is 1. The Kier molecular flexibility index (Phi) is 7.43. The molecule has 2 amide bonds. The third-order valence-corrected chi connectivity index (χ3v) is 6.77. The maximum absolute atomic E-state index is 12.5. The first kappa shape index (κ1) is 24.5. The van der Waals surface area contributed by atoms with E-state index in [4.69, 9.17) is 9.47 Å². The van der Waals surface area contributed by atoms with E-state index in [9.17, 15) is 4.79 Å². The smallest absolute Gasteiger partial charge is 0.339 e. The van der Waals surface area contributed by atoms with Crippen LogP contribution in [0.3, 0.4) is 0 Å². The Morgan fingerprint density at radius 1 is 1.14 bits per heavy atom. The van der Waals surface area contributed by atoms with Gasteiger partial charge in [0.25, 0.3) is 0 Å². The molecule has 0 bridgehead atoms. The number of hydrazone groups is 1. The lowest BCUT2D eigenvalue weighted by molar-refractivity contribution is 0.122. The maximum atomic E-state index is 12.5. The van der Waals surface area contributed by atoms with Gasteiger partial charge in [-0.25, -0.2) is 20.2 Å². The van der Waals surface area contributed by atoms with E-state index in [1.54, 1.807) is 29.7 Å². The lowest BCUT2D eigenvalue weighted by Gasteiger charge is -2.28. The summed E-state index contributed by atoms with van der Waals surface area (Å²) in [5.41, 5.74) is 5.67. The first-order chi connectivity index (χ1) is 18.1. The molecule has 190 valence electrons. The summed E-state index contributed by atoms with van der Waals surface area (Å²) in [6.45, 7) is 5.26. The number of rotatable bonds is 7. The Hall–Kier alpha value is -4.22. The molecule has 5 rings (SSSR count). The van der Waals surface area contributed by atoms with Crippen LogP contribution in [0.2, 0.25) is 0 Å². The van der Waals surface area contributed by atoms with Crippen molar-refractivity contribution in [1.82, 2.24) is 15.4 Å². The van der Waals surface area contributed by atoms with Gasteiger partial charge in [-0.3, -0.25) is 0 Å². The molecule has 37 heavy (non-hydrogen) atoms. The average Bonchev–Trinajstić information content (AvgIpc) is 3.34. The second-order valence-electron chi connectivity index (χ2n) is 8.34. The fourth-order valence-electron chi connectivity index (χ4n) is 3.99. The van der Waals surface area contributed by atoms with Crippen LogP contribution in [0.4, 0.5) is 27.7 Å². The zero-order valence-corrected chi connectivity index (χ0v) is 21.3. The minimum absolute atomic E-state index is 0.468. The largest absolute Gasteiger partial charge is 0.494 e. The summed E-state index contributed by atoms with van der Waals surface area (Å²) in [5.74, 6) is 1.08. The van der Waals surface area contributed by atoms with E-state index in [0.29, 0.717) is 22.8 Å². The van der Waals surface area contributed by atoms with Crippen molar-refractivity contribution in [3.63, 3.8) is 0 Å². The number of benzene rings is 2. The number of thiophene rings is 1. The average molecular weight is 518 g/mol. The number of morpholine rings is 1. The zero-order valence-electron chi connectivity index (χ0n) is 20.5. The summed E-state index contributed by atoms with van der Waals surface area (Å²) in [7, 11) is 1.54. The molecule has 3 heterocycles. The van der Waals surface area contributed by atoms with Gasteiger partial charge in [0.2, 0.25) is 0 Å². The van der Waals surface area contributed by atoms with Crippen molar-refractivity contribution in [2.75, 3.05) is 48.9 Å². The van der Waals surface area contributed by atoms with E-state index < -0.39 is 6.03 Å². The zero-order chi connectivity index (χ0) is 25.6. The summed E-state index contributed by atoms with van der Waals surface area (Å²) < 4.78 is 10.9. The third kappa shape index (κ3) is 5.96. The standard InChI is InChI=1S/C26H27N7O3S/c1-17-3-8-20(37-17)15-29-32-26(34)31-23-13-21-22(14-24(23)35-2)27-16-28-25(21)30-18-4-6-19(7-5-18)33-9-11-36-12-10-33/h3-8,13-16H,9-12H2,1-2H3,(H,27,28,30)(H2,31,32,34)/b29-15+. The first-order valence-electron chi connectivity index (χ1n) is 11.8. The summed E-state index contributed by atoms with van der Waals surface area (Å²) in [6, 6.07) is 15.2. The molecule has 0 aliphatic carbocycles. The van der Waals surface area contributed by atoms with E-state index >= 15 is 0 Å². The predicted molar refractivity (Wildman–Crippen MR) is 148 cm³/mol. The molecule has 0 spiro atoms. The van der Waals surface area contributed by atoms with Crippen molar-refractivity contribution < 1.29 is 14.3 Å². The number of amides is 2. The molecular weight excluding hydrogens is 490 g/mol. The van der Waals surface area contributed by atoms with Gasteiger partial charge in [0, 0.05) is 45.7 Å². The van der Waals surface area contributed by atoms with E-state index in [1.165, 1.54) is 18.3 Å². The fourth-order valence-corrected chi connectivity index (χ4v) is 4.74. The number of hydrogen-bond acceptors (Lipinski definition) is 9. The summed E-state index contributed by atoms with van der Waals surface area (Å²) in [6.07, 6.45) is 3.10. The Bertz CT molecular complexity index is 1420. The van der Waals surface area contributed by atoms with Crippen molar-refractivity contribution in [2.24, 2.45) is 5.10 Å². The second-order valence-corrected chi connectivity index (χ2v) is 9.66. The SMILES string of the molecule is COc1cc2ncnc(Nc3ccc(N4CCOCC4)cc3)c2cc1NC(=O)N/N=C/c1ccc(C)s1. The van der Waals surface area contributed by atoms with E-state index in [-0.39, 0.29) is 0 Å². The third-order valence-electron chi connectivity index (χ3n) is 5.83. The van der Waals surface area contributed by atoms with Crippen LogP contribution in [0, 0.1) is 6.92 Å². The molecule has 0 atom stereocenters. The monoisotopic (exact) mass is 517 g/mol. The van der Waals surface area contributed by atoms with Crippen LogP contribution in [0.5, 0.6) is 5.75 Å². The van der Waals surface area contributed by atoms with Gasteiger partial charge in [0.05, 0.1) is 37.7 Å². The lowest BCUT2D eigenvalue weighted by atomic mass is 10.2. The predicted octanol–water partition coefficient (Wildman–Crippen LogP) is 4.74.